The van der Waals surface area contributed by atoms with Crippen LogP contribution in [0.1, 0.15) is 0 Å². The molecule has 6 N–H and O–H groups in total. The Kier molecular flexibility index (Phi) is 4.04. The number of hydrogen-bond donors (Lipinski definition) is 6. The van der Waals surface area contributed by atoms with E-state index in [1.165, 1.54) is 0 Å². The summed E-state index contributed by atoms with van der Waals surface area (Å²) in [7, 11) is 0. The summed E-state index contributed by atoms with van der Waals surface area (Å²) in [6.45, 7) is -0.393. The maximum absolute atomic E-state index is 12.5. The summed E-state index contributed by atoms with van der Waals surface area (Å²) in [5.74, 6) is -2.67. The van der Waals surface area contributed by atoms with Crippen molar-refractivity contribution in [2.75, 3.05) is 6.61 Å². The summed E-state index contributed by atoms with van der Waals surface area (Å²) in [5.41, 5.74) is -2.93. The molecular weight excluding hydrogens is 420 g/mol. The lowest BCUT2D eigenvalue weighted by Crippen LogP contribution is -2.54. The van der Waals surface area contributed by atoms with Gasteiger partial charge in [-0.2, -0.15) is 0 Å². The summed E-state index contributed by atoms with van der Waals surface area (Å²) >= 11 is 0. The van der Waals surface area contributed by atoms with Crippen molar-refractivity contribution in [3.63, 3.8) is 0 Å². The lowest BCUT2D eigenvalue weighted by molar-refractivity contribution is -0.242. The minimum absolute atomic E-state index is 0.0603. The van der Waals surface area contributed by atoms with Crippen LogP contribution < -0.4 is 16.0 Å². The average Bonchev–Trinajstić information content (AvgIpc) is 2.73. The third-order valence-corrected chi connectivity index (χ3v) is 5.22. The Hall–Kier alpha value is -3.58. The normalized spacial score (nSPS) is 24.4. The van der Waals surface area contributed by atoms with E-state index in [0.29, 0.717) is 0 Å². The van der Waals surface area contributed by atoms with Crippen molar-refractivity contribution in [1.29, 1.82) is 0 Å². The van der Waals surface area contributed by atoms with E-state index in [1.54, 1.807) is 0 Å². The molecule has 0 radical (unpaired) electrons. The van der Waals surface area contributed by atoms with Crippen LogP contribution >= 0.6 is 0 Å². The first-order chi connectivity index (χ1) is 14.7. The molecule has 31 heavy (non-hydrogen) atoms. The van der Waals surface area contributed by atoms with Gasteiger partial charge in [-0.3, -0.25) is 0 Å². The summed E-state index contributed by atoms with van der Waals surface area (Å²) in [6.07, 6.45) is -6.27. The van der Waals surface area contributed by atoms with E-state index in [1.807, 2.05) is 0 Å². The zero-order valence-corrected chi connectivity index (χ0v) is 15.3. The zero-order valence-electron chi connectivity index (χ0n) is 15.3. The molecule has 0 saturated carbocycles. The van der Waals surface area contributed by atoms with Crippen LogP contribution in [0.3, 0.4) is 0 Å². The zero-order chi connectivity index (χ0) is 22.2. The molecule has 2 aromatic heterocycles. The molecular formula is C19H14O12. The Balaban J connectivity index is 1.82. The molecule has 12 heteroatoms. The minimum Gasteiger partial charge on any atom is -0.504 e. The predicted octanol–water partition coefficient (Wildman–Crippen LogP) is -0.575. The van der Waals surface area contributed by atoms with Gasteiger partial charge in [0.15, 0.2) is 22.7 Å². The minimum atomic E-state index is -1.72. The number of aromatic hydroxyl groups is 3. The third kappa shape index (κ3) is 2.63. The van der Waals surface area contributed by atoms with Gasteiger partial charge >= 0.3 is 11.3 Å². The molecule has 0 aliphatic carbocycles. The molecule has 162 valence electrons. The molecule has 0 spiro atoms. The lowest BCUT2D eigenvalue weighted by Gasteiger charge is -2.35. The summed E-state index contributed by atoms with van der Waals surface area (Å²) in [6, 6.07) is 1.90. The van der Waals surface area contributed by atoms with Crippen LogP contribution in [-0.4, -0.2) is 61.8 Å². The maximum Gasteiger partial charge on any atom is 0.344 e. The molecule has 0 bridgehead atoms. The predicted molar refractivity (Wildman–Crippen MR) is 101 cm³/mol. The first-order valence-electron chi connectivity index (χ1n) is 8.95. The van der Waals surface area contributed by atoms with Gasteiger partial charge in [0.1, 0.15) is 18.3 Å². The molecule has 4 aromatic rings. The standard InChI is InChI=1S/C19H14O12/c20-6-1-4-9-10-5(17(26)29-15(9)12(6)24)2-7(21)14(16(10)30-18(4)27)31-19-13(25)11(23)8(22)3-28-19/h1-2,8,11,13,19-25H,3H2. The van der Waals surface area contributed by atoms with Gasteiger partial charge in [0.05, 0.1) is 17.4 Å². The molecule has 4 unspecified atom stereocenters. The second-order valence-electron chi connectivity index (χ2n) is 7.12. The van der Waals surface area contributed by atoms with E-state index < -0.39 is 76.6 Å². The van der Waals surface area contributed by atoms with Crippen LogP contribution in [0.15, 0.2) is 30.6 Å². The van der Waals surface area contributed by atoms with Crippen molar-refractivity contribution in [3.05, 3.63) is 33.0 Å². The highest BCUT2D eigenvalue weighted by atomic mass is 16.7. The molecule has 0 amide bonds. The summed E-state index contributed by atoms with van der Waals surface area (Å²) in [5, 5.41) is 59.3. The van der Waals surface area contributed by atoms with E-state index in [0.717, 1.165) is 12.1 Å². The number of benzene rings is 2. The second kappa shape index (κ2) is 6.46. The number of aliphatic hydroxyl groups excluding tert-OH is 3. The van der Waals surface area contributed by atoms with Crippen molar-refractivity contribution < 1.29 is 48.9 Å². The van der Waals surface area contributed by atoms with Crippen molar-refractivity contribution in [2.24, 2.45) is 0 Å². The smallest absolute Gasteiger partial charge is 0.344 e. The van der Waals surface area contributed by atoms with Crippen molar-refractivity contribution in [2.45, 2.75) is 24.6 Å². The molecule has 1 aliphatic rings. The van der Waals surface area contributed by atoms with Crippen LogP contribution in [0.2, 0.25) is 0 Å². The summed E-state index contributed by atoms with van der Waals surface area (Å²) < 4.78 is 20.9. The van der Waals surface area contributed by atoms with E-state index >= 15 is 0 Å². The van der Waals surface area contributed by atoms with Gasteiger partial charge in [0, 0.05) is 10.8 Å². The van der Waals surface area contributed by atoms with Gasteiger partial charge in [-0.15, -0.1) is 0 Å². The van der Waals surface area contributed by atoms with Crippen molar-refractivity contribution in [3.8, 4) is 23.0 Å². The van der Waals surface area contributed by atoms with Crippen molar-refractivity contribution >= 4 is 32.7 Å². The first kappa shape index (κ1) is 19.4. The molecule has 12 nitrogen and oxygen atoms in total. The molecule has 4 atom stereocenters. The Morgan fingerprint density at radius 1 is 0.839 bits per heavy atom. The Bertz CT molecular complexity index is 1450. The monoisotopic (exact) mass is 434 g/mol. The van der Waals surface area contributed by atoms with Crippen LogP contribution in [-0.2, 0) is 4.74 Å². The average molecular weight is 434 g/mol. The van der Waals surface area contributed by atoms with E-state index in [4.69, 9.17) is 18.3 Å². The number of phenolic OH excluding ortho intramolecular Hbond substituents is 3. The highest BCUT2D eigenvalue weighted by Crippen LogP contribution is 2.45. The van der Waals surface area contributed by atoms with E-state index in [-0.39, 0.29) is 21.5 Å². The molecule has 2 aromatic carbocycles. The van der Waals surface area contributed by atoms with Gasteiger partial charge in [0.2, 0.25) is 17.8 Å². The summed E-state index contributed by atoms with van der Waals surface area (Å²) in [4.78, 5) is 25.0. The Morgan fingerprint density at radius 3 is 2.10 bits per heavy atom. The number of hydrogen-bond acceptors (Lipinski definition) is 12. The van der Waals surface area contributed by atoms with Crippen molar-refractivity contribution in [1.82, 2.24) is 0 Å². The Morgan fingerprint density at radius 2 is 1.42 bits per heavy atom. The number of aliphatic hydroxyl groups is 3. The highest BCUT2D eigenvalue weighted by molar-refractivity contribution is 6.22. The number of phenols is 3. The van der Waals surface area contributed by atoms with E-state index in [2.05, 4.69) is 0 Å². The van der Waals surface area contributed by atoms with Crippen LogP contribution in [0, 0.1) is 0 Å². The topological polar surface area (TPSA) is 200 Å². The SMILES string of the molecule is O=c1oc2c(OC3OCC(O)C(O)C3O)c(O)cc3c(=O)oc4c(O)c(O)cc1c4c23. The molecule has 3 heterocycles. The van der Waals surface area contributed by atoms with Gasteiger partial charge < -0.3 is 48.9 Å². The lowest BCUT2D eigenvalue weighted by atomic mass is 10.0. The molecule has 1 aliphatic heterocycles. The number of rotatable bonds is 2. The fourth-order valence-electron chi connectivity index (χ4n) is 3.68. The maximum atomic E-state index is 12.5. The van der Waals surface area contributed by atoms with Gasteiger partial charge in [0.25, 0.3) is 0 Å². The quantitative estimate of drug-likeness (QED) is 0.133. The first-order valence-corrected chi connectivity index (χ1v) is 8.95. The van der Waals surface area contributed by atoms with Crippen LogP contribution in [0.25, 0.3) is 32.7 Å². The van der Waals surface area contributed by atoms with Gasteiger partial charge in [-0.25, -0.2) is 9.59 Å². The fraction of sp³-hybridized carbons (Fsp3) is 0.263. The molecule has 1 saturated heterocycles. The molecule has 5 rings (SSSR count). The van der Waals surface area contributed by atoms with E-state index in [9.17, 15) is 40.2 Å². The largest absolute Gasteiger partial charge is 0.504 e. The Labute approximate surface area is 169 Å². The highest BCUT2D eigenvalue weighted by Gasteiger charge is 2.40. The number of ether oxygens (including phenoxy) is 2. The van der Waals surface area contributed by atoms with Crippen LogP contribution in [0.5, 0.6) is 23.0 Å². The van der Waals surface area contributed by atoms with Crippen LogP contribution in [0.4, 0.5) is 0 Å². The second-order valence-corrected chi connectivity index (χ2v) is 7.12. The fourth-order valence-corrected chi connectivity index (χ4v) is 3.68. The third-order valence-electron chi connectivity index (χ3n) is 5.22. The van der Waals surface area contributed by atoms with Gasteiger partial charge in [-0.05, 0) is 12.1 Å². The van der Waals surface area contributed by atoms with Gasteiger partial charge in [-0.1, -0.05) is 0 Å². The molecule has 1 fully saturated rings.